The van der Waals surface area contributed by atoms with Gasteiger partial charge < -0.3 is 10.4 Å². The molecule has 0 heterocycles. The van der Waals surface area contributed by atoms with Crippen molar-refractivity contribution >= 4 is 5.69 Å². The quantitative estimate of drug-likeness (QED) is 0.855. The third-order valence-corrected chi connectivity index (χ3v) is 4.94. The zero-order valence-corrected chi connectivity index (χ0v) is 13.2. The van der Waals surface area contributed by atoms with E-state index in [1.165, 1.54) is 12.0 Å². The second kappa shape index (κ2) is 6.97. The Labute approximate surface area is 133 Å². The number of hydrogen-bond donors (Lipinski definition) is 2. The highest BCUT2D eigenvalue weighted by molar-refractivity contribution is 5.43. The van der Waals surface area contributed by atoms with Crippen molar-refractivity contribution < 1.29 is 5.11 Å². The maximum absolute atomic E-state index is 10.6. The summed E-state index contributed by atoms with van der Waals surface area (Å²) >= 11 is 0. The highest BCUT2D eigenvalue weighted by atomic mass is 16.3. The molecule has 2 N–H and O–H groups in total. The molecule has 3 unspecified atom stereocenters. The molecule has 3 atom stereocenters. The SMILES string of the molecule is CNc1ccc(CC2CCC(C(O)c3ccccc3)C2)cc1. The Hall–Kier alpha value is -1.80. The standard InChI is InChI=1S/C20H25NO/c1-21-19-11-8-15(9-12-19)13-16-7-10-18(14-16)20(22)17-5-3-2-4-6-17/h2-6,8-9,11-12,16,18,20-22H,7,10,13-14H2,1H3. The van der Waals surface area contributed by atoms with Crippen LogP contribution in [0.1, 0.15) is 36.5 Å². The minimum absolute atomic E-state index is 0.308. The first-order valence-corrected chi connectivity index (χ1v) is 8.26. The highest BCUT2D eigenvalue weighted by Crippen LogP contribution is 2.40. The third kappa shape index (κ3) is 3.50. The Bertz CT molecular complexity index is 578. The number of anilines is 1. The number of aliphatic hydroxyl groups is 1. The van der Waals surface area contributed by atoms with Crippen LogP contribution in [0.5, 0.6) is 0 Å². The molecule has 22 heavy (non-hydrogen) atoms. The van der Waals surface area contributed by atoms with Crippen molar-refractivity contribution in [3.05, 3.63) is 65.7 Å². The maximum atomic E-state index is 10.6. The van der Waals surface area contributed by atoms with Gasteiger partial charge in [0.25, 0.3) is 0 Å². The first kappa shape index (κ1) is 15.1. The van der Waals surface area contributed by atoms with Crippen molar-refractivity contribution in [2.45, 2.75) is 31.8 Å². The number of nitrogens with one attached hydrogen (secondary N) is 1. The molecular formula is C20H25NO. The lowest BCUT2D eigenvalue weighted by Crippen LogP contribution is -2.10. The minimum Gasteiger partial charge on any atom is -0.388 e. The monoisotopic (exact) mass is 295 g/mol. The Balaban J connectivity index is 1.57. The van der Waals surface area contributed by atoms with E-state index >= 15 is 0 Å². The molecule has 2 aromatic carbocycles. The largest absolute Gasteiger partial charge is 0.388 e. The van der Waals surface area contributed by atoms with Crippen molar-refractivity contribution in [3.8, 4) is 0 Å². The van der Waals surface area contributed by atoms with Crippen LogP contribution in [0.2, 0.25) is 0 Å². The van der Waals surface area contributed by atoms with Crippen molar-refractivity contribution in [2.75, 3.05) is 12.4 Å². The first-order valence-electron chi connectivity index (χ1n) is 8.26. The summed E-state index contributed by atoms with van der Waals surface area (Å²) in [5.74, 6) is 1.10. The molecule has 3 rings (SSSR count). The molecule has 0 radical (unpaired) electrons. The van der Waals surface area contributed by atoms with Gasteiger partial charge in [-0.25, -0.2) is 0 Å². The van der Waals surface area contributed by atoms with Crippen LogP contribution in [0, 0.1) is 11.8 Å². The van der Waals surface area contributed by atoms with E-state index in [4.69, 9.17) is 0 Å². The summed E-state index contributed by atoms with van der Waals surface area (Å²) in [6, 6.07) is 18.8. The fraction of sp³-hybridized carbons (Fsp3) is 0.400. The predicted octanol–water partition coefficient (Wildman–Crippen LogP) is 4.42. The molecule has 0 aliphatic heterocycles. The molecule has 1 fully saturated rings. The van der Waals surface area contributed by atoms with Gasteiger partial charge in [-0.2, -0.15) is 0 Å². The zero-order chi connectivity index (χ0) is 15.4. The molecule has 2 aromatic rings. The topological polar surface area (TPSA) is 32.3 Å². The van der Waals surface area contributed by atoms with Gasteiger partial charge in [-0.3, -0.25) is 0 Å². The van der Waals surface area contributed by atoms with Crippen LogP contribution in [0.4, 0.5) is 5.69 Å². The highest BCUT2D eigenvalue weighted by Gasteiger charge is 2.30. The number of rotatable bonds is 5. The molecule has 0 bridgehead atoms. The molecule has 0 aromatic heterocycles. The molecular weight excluding hydrogens is 270 g/mol. The van der Waals surface area contributed by atoms with Gasteiger partial charge in [-0.1, -0.05) is 42.5 Å². The fourth-order valence-electron chi connectivity index (χ4n) is 3.65. The van der Waals surface area contributed by atoms with Gasteiger partial charge in [0, 0.05) is 12.7 Å². The van der Waals surface area contributed by atoms with Gasteiger partial charge in [-0.15, -0.1) is 0 Å². The van der Waals surface area contributed by atoms with Crippen LogP contribution in [0.3, 0.4) is 0 Å². The van der Waals surface area contributed by atoms with E-state index in [1.54, 1.807) is 0 Å². The molecule has 0 amide bonds. The van der Waals surface area contributed by atoms with Crippen LogP contribution < -0.4 is 5.32 Å². The van der Waals surface area contributed by atoms with Gasteiger partial charge >= 0.3 is 0 Å². The van der Waals surface area contributed by atoms with Crippen molar-refractivity contribution in [1.82, 2.24) is 0 Å². The first-order chi connectivity index (χ1) is 10.8. The maximum Gasteiger partial charge on any atom is 0.0818 e. The summed E-state index contributed by atoms with van der Waals surface area (Å²) in [5, 5.41) is 13.7. The van der Waals surface area contributed by atoms with Crippen LogP contribution in [-0.4, -0.2) is 12.2 Å². The van der Waals surface area contributed by atoms with Gasteiger partial charge in [-0.05, 0) is 60.8 Å². The van der Waals surface area contributed by atoms with Gasteiger partial charge in [0.05, 0.1) is 6.10 Å². The molecule has 2 heteroatoms. The fourth-order valence-corrected chi connectivity index (χ4v) is 3.65. The van der Waals surface area contributed by atoms with E-state index < -0.39 is 0 Å². The van der Waals surface area contributed by atoms with E-state index in [0.29, 0.717) is 11.8 Å². The Morgan fingerprint density at radius 2 is 1.77 bits per heavy atom. The van der Waals surface area contributed by atoms with Gasteiger partial charge in [0.15, 0.2) is 0 Å². The van der Waals surface area contributed by atoms with Gasteiger partial charge in [0.1, 0.15) is 0 Å². The Morgan fingerprint density at radius 3 is 2.45 bits per heavy atom. The van der Waals surface area contributed by atoms with Crippen LogP contribution in [0.15, 0.2) is 54.6 Å². The van der Waals surface area contributed by atoms with E-state index in [2.05, 4.69) is 29.6 Å². The van der Waals surface area contributed by atoms with E-state index in [0.717, 1.165) is 30.5 Å². The molecule has 2 nitrogen and oxygen atoms in total. The number of benzene rings is 2. The lowest BCUT2D eigenvalue weighted by atomic mass is 9.91. The normalized spacial score (nSPS) is 22.5. The van der Waals surface area contributed by atoms with Crippen LogP contribution in [0.25, 0.3) is 0 Å². The summed E-state index contributed by atoms with van der Waals surface area (Å²) in [5.41, 5.74) is 3.62. The molecule has 1 aliphatic carbocycles. The molecule has 1 aliphatic rings. The zero-order valence-electron chi connectivity index (χ0n) is 13.2. The van der Waals surface area contributed by atoms with Crippen molar-refractivity contribution in [3.63, 3.8) is 0 Å². The summed E-state index contributed by atoms with van der Waals surface area (Å²) in [6.45, 7) is 0. The van der Waals surface area contributed by atoms with Crippen LogP contribution in [-0.2, 0) is 6.42 Å². The van der Waals surface area contributed by atoms with Gasteiger partial charge in [0.2, 0.25) is 0 Å². The predicted molar refractivity (Wildman–Crippen MR) is 91.9 cm³/mol. The average Bonchev–Trinajstić information content (AvgIpc) is 3.04. The lowest BCUT2D eigenvalue weighted by Gasteiger charge is -2.19. The molecule has 0 spiro atoms. The summed E-state index contributed by atoms with van der Waals surface area (Å²) in [4.78, 5) is 0. The summed E-state index contributed by atoms with van der Waals surface area (Å²) in [7, 11) is 1.95. The number of aliphatic hydroxyl groups excluding tert-OH is 1. The Morgan fingerprint density at radius 1 is 1.05 bits per heavy atom. The minimum atomic E-state index is -0.308. The molecule has 116 valence electrons. The van der Waals surface area contributed by atoms with Crippen molar-refractivity contribution in [2.24, 2.45) is 11.8 Å². The Kier molecular flexibility index (Phi) is 4.79. The second-order valence-electron chi connectivity index (χ2n) is 6.45. The summed E-state index contributed by atoms with van der Waals surface area (Å²) < 4.78 is 0. The van der Waals surface area contributed by atoms with E-state index in [-0.39, 0.29) is 6.10 Å². The van der Waals surface area contributed by atoms with Crippen LogP contribution >= 0.6 is 0 Å². The molecule has 1 saturated carbocycles. The second-order valence-corrected chi connectivity index (χ2v) is 6.45. The van der Waals surface area contributed by atoms with Crippen molar-refractivity contribution in [1.29, 1.82) is 0 Å². The molecule has 0 saturated heterocycles. The smallest absolute Gasteiger partial charge is 0.0818 e. The van der Waals surface area contributed by atoms with E-state index in [1.807, 2.05) is 37.4 Å². The lowest BCUT2D eigenvalue weighted by molar-refractivity contribution is 0.109. The number of hydrogen-bond acceptors (Lipinski definition) is 2. The summed E-state index contributed by atoms with van der Waals surface area (Å²) in [6.07, 6.45) is 4.31. The average molecular weight is 295 g/mol. The van der Waals surface area contributed by atoms with E-state index in [9.17, 15) is 5.11 Å². The third-order valence-electron chi connectivity index (χ3n) is 4.94.